The molecule has 0 aliphatic carbocycles. The number of halogens is 1. The predicted octanol–water partition coefficient (Wildman–Crippen LogP) is 2.62. The van der Waals surface area contributed by atoms with Crippen molar-refractivity contribution in [2.24, 2.45) is 5.92 Å². The number of rotatable bonds is 6. The van der Waals surface area contributed by atoms with Crippen LogP contribution in [-0.4, -0.2) is 58.3 Å². The van der Waals surface area contributed by atoms with Gasteiger partial charge in [-0.05, 0) is 61.4 Å². The number of piperidine rings is 1. The minimum Gasteiger partial charge on any atom is -0.381 e. The van der Waals surface area contributed by atoms with E-state index >= 15 is 0 Å². The lowest BCUT2D eigenvalue weighted by molar-refractivity contribution is -0.154. The van der Waals surface area contributed by atoms with Crippen molar-refractivity contribution >= 4 is 33.4 Å². The number of anilines is 1. The first-order valence-corrected chi connectivity index (χ1v) is 12.2. The minimum atomic E-state index is -1.83. The molecule has 0 radical (unpaired) electrons. The van der Waals surface area contributed by atoms with Crippen LogP contribution in [-0.2, 0) is 16.0 Å². The average Bonchev–Trinajstić information content (AvgIpc) is 3.27. The molecule has 176 valence electrons. The van der Waals surface area contributed by atoms with Gasteiger partial charge in [-0.15, -0.1) is 0 Å². The summed E-state index contributed by atoms with van der Waals surface area (Å²) in [6, 6.07) is 15.5. The van der Waals surface area contributed by atoms with Crippen LogP contribution in [0.25, 0.3) is 0 Å². The van der Waals surface area contributed by atoms with Gasteiger partial charge >= 0.3 is 0 Å². The highest BCUT2D eigenvalue weighted by atomic mass is 79.9. The zero-order valence-electron chi connectivity index (χ0n) is 18.6. The van der Waals surface area contributed by atoms with Crippen LogP contribution < -0.4 is 10.6 Å². The highest BCUT2D eigenvalue weighted by Crippen LogP contribution is 2.32. The molecular formula is C25H30BrN3O4. The van der Waals surface area contributed by atoms with Crippen molar-refractivity contribution in [1.29, 1.82) is 0 Å². The standard InChI is InChI=1S/C25H30BrN3O4/c1-15(16-8-10-19(26)11-9-16)27-24(32)22(30)23(31)25(33)29-12-4-6-18(14-29)21-13-17-5-2-3-7-20(17)28-21/h2-3,5,7-11,15,18,21-23,28,30-31H,4,6,12-14H2,1H3,(H,27,32)/t15-,18?,21?,22+,23+/m0/s1. The molecule has 4 N–H and O–H groups in total. The molecule has 0 aromatic heterocycles. The van der Waals surface area contributed by atoms with Crippen molar-refractivity contribution in [3.8, 4) is 0 Å². The number of aliphatic hydroxyl groups excluding tert-OH is 2. The number of hydrogen-bond donors (Lipinski definition) is 4. The second kappa shape index (κ2) is 10.2. The Morgan fingerprint density at radius 1 is 1.12 bits per heavy atom. The Balaban J connectivity index is 1.33. The van der Waals surface area contributed by atoms with Crippen LogP contribution in [0.1, 0.15) is 36.9 Å². The SMILES string of the molecule is C[C@H](NC(=O)[C@H](O)[C@@H](O)C(=O)N1CCCC(C2Cc3ccccc3N2)C1)c1ccc(Br)cc1. The van der Waals surface area contributed by atoms with Crippen molar-refractivity contribution in [2.75, 3.05) is 18.4 Å². The molecule has 0 spiro atoms. The molecule has 0 saturated carbocycles. The number of nitrogens with zero attached hydrogens (tertiary/aromatic N) is 1. The number of benzene rings is 2. The second-order valence-electron chi connectivity index (χ2n) is 8.97. The van der Waals surface area contributed by atoms with Crippen LogP contribution in [0.5, 0.6) is 0 Å². The highest BCUT2D eigenvalue weighted by molar-refractivity contribution is 9.10. The van der Waals surface area contributed by atoms with Crippen LogP contribution in [0, 0.1) is 5.92 Å². The summed E-state index contributed by atoms with van der Waals surface area (Å²) in [5.74, 6) is -1.13. The van der Waals surface area contributed by atoms with Crippen LogP contribution >= 0.6 is 15.9 Å². The van der Waals surface area contributed by atoms with Gasteiger partial charge in [0, 0.05) is 29.3 Å². The van der Waals surface area contributed by atoms with Gasteiger partial charge in [0.2, 0.25) is 0 Å². The maximum atomic E-state index is 12.9. The quantitative estimate of drug-likeness (QED) is 0.473. The predicted molar refractivity (Wildman–Crippen MR) is 130 cm³/mol. The Labute approximate surface area is 202 Å². The summed E-state index contributed by atoms with van der Waals surface area (Å²) in [6.45, 7) is 2.78. The summed E-state index contributed by atoms with van der Waals surface area (Å²) in [6.07, 6.45) is -0.913. The van der Waals surface area contributed by atoms with Crippen LogP contribution in [0.15, 0.2) is 53.0 Å². The van der Waals surface area contributed by atoms with E-state index in [2.05, 4.69) is 38.7 Å². The largest absolute Gasteiger partial charge is 0.381 e. The number of hydrogen-bond acceptors (Lipinski definition) is 5. The molecular weight excluding hydrogens is 486 g/mol. The van der Waals surface area contributed by atoms with Crippen molar-refractivity contribution in [3.05, 3.63) is 64.1 Å². The number of nitrogens with one attached hydrogen (secondary N) is 2. The van der Waals surface area contributed by atoms with Gasteiger partial charge < -0.3 is 25.7 Å². The Bertz CT molecular complexity index is 974. The molecule has 5 atom stereocenters. The molecule has 2 aromatic carbocycles. The fraction of sp³-hybridized carbons (Fsp3) is 0.440. The van der Waals surface area contributed by atoms with Crippen molar-refractivity contribution in [2.45, 2.75) is 50.5 Å². The first-order chi connectivity index (χ1) is 15.8. The van der Waals surface area contributed by atoms with Crippen molar-refractivity contribution in [3.63, 3.8) is 0 Å². The number of amides is 2. The van der Waals surface area contributed by atoms with E-state index in [1.54, 1.807) is 11.8 Å². The van der Waals surface area contributed by atoms with Gasteiger partial charge in [-0.25, -0.2) is 0 Å². The van der Waals surface area contributed by atoms with Gasteiger partial charge in [0.05, 0.1) is 6.04 Å². The lowest BCUT2D eigenvalue weighted by atomic mass is 9.88. The van der Waals surface area contributed by atoms with Gasteiger partial charge in [-0.1, -0.05) is 46.3 Å². The molecule has 4 rings (SSSR count). The van der Waals surface area contributed by atoms with E-state index in [4.69, 9.17) is 0 Å². The van der Waals surface area contributed by atoms with Crippen molar-refractivity contribution < 1.29 is 19.8 Å². The zero-order valence-corrected chi connectivity index (χ0v) is 20.2. The second-order valence-corrected chi connectivity index (χ2v) is 9.89. The third kappa shape index (κ3) is 5.39. The molecule has 2 aliphatic rings. The molecule has 2 amide bonds. The van der Waals surface area contributed by atoms with E-state index in [0.717, 1.165) is 35.0 Å². The van der Waals surface area contributed by atoms with Gasteiger partial charge in [-0.3, -0.25) is 9.59 Å². The Kier molecular flexibility index (Phi) is 7.36. The van der Waals surface area contributed by atoms with E-state index in [1.807, 2.05) is 36.4 Å². The Hall–Kier alpha value is -2.42. The molecule has 0 bridgehead atoms. The highest BCUT2D eigenvalue weighted by Gasteiger charge is 2.38. The number of aliphatic hydroxyl groups is 2. The molecule has 7 nitrogen and oxygen atoms in total. The number of para-hydroxylation sites is 1. The number of fused-ring (bicyclic) bond motifs is 1. The molecule has 8 heteroatoms. The van der Waals surface area contributed by atoms with E-state index in [1.165, 1.54) is 5.56 Å². The summed E-state index contributed by atoms with van der Waals surface area (Å²) >= 11 is 3.37. The summed E-state index contributed by atoms with van der Waals surface area (Å²) in [7, 11) is 0. The molecule has 1 fully saturated rings. The maximum absolute atomic E-state index is 12.9. The normalized spacial score (nSPS) is 22.6. The topological polar surface area (TPSA) is 102 Å². The smallest absolute Gasteiger partial charge is 0.254 e. The molecule has 1 saturated heterocycles. The van der Waals surface area contributed by atoms with Crippen LogP contribution in [0.3, 0.4) is 0 Å². The molecule has 2 aromatic rings. The first kappa shape index (κ1) is 23.7. The summed E-state index contributed by atoms with van der Waals surface area (Å²) in [5, 5.41) is 27.1. The maximum Gasteiger partial charge on any atom is 0.254 e. The van der Waals surface area contributed by atoms with E-state index in [-0.39, 0.29) is 18.0 Å². The number of likely N-dealkylation sites (tertiary alicyclic amines) is 1. The lowest BCUT2D eigenvalue weighted by Crippen LogP contribution is -2.54. The average molecular weight is 516 g/mol. The van der Waals surface area contributed by atoms with Gasteiger partial charge in [0.15, 0.2) is 12.2 Å². The van der Waals surface area contributed by atoms with Crippen LogP contribution in [0.4, 0.5) is 5.69 Å². The fourth-order valence-electron chi connectivity index (χ4n) is 4.75. The minimum absolute atomic E-state index is 0.232. The van der Waals surface area contributed by atoms with E-state index in [9.17, 15) is 19.8 Å². The van der Waals surface area contributed by atoms with Gasteiger partial charge in [-0.2, -0.15) is 0 Å². The fourth-order valence-corrected chi connectivity index (χ4v) is 5.01. The third-order valence-corrected chi connectivity index (χ3v) is 7.21. The van der Waals surface area contributed by atoms with Gasteiger partial charge in [0.25, 0.3) is 11.8 Å². The van der Waals surface area contributed by atoms with E-state index < -0.39 is 24.0 Å². The Morgan fingerprint density at radius 3 is 2.58 bits per heavy atom. The van der Waals surface area contributed by atoms with Gasteiger partial charge in [0.1, 0.15) is 0 Å². The third-order valence-electron chi connectivity index (χ3n) is 6.69. The molecule has 2 aliphatic heterocycles. The molecule has 2 unspecified atom stereocenters. The first-order valence-electron chi connectivity index (χ1n) is 11.4. The lowest BCUT2D eigenvalue weighted by Gasteiger charge is -2.37. The Morgan fingerprint density at radius 2 is 1.85 bits per heavy atom. The summed E-state index contributed by atoms with van der Waals surface area (Å²) in [5.41, 5.74) is 3.26. The number of carbonyl (C=O) groups excluding carboxylic acids is 2. The van der Waals surface area contributed by atoms with Crippen molar-refractivity contribution in [1.82, 2.24) is 10.2 Å². The van der Waals surface area contributed by atoms with Crippen LogP contribution in [0.2, 0.25) is 0 Å². The monoisotopic (exact) mass is 515 g/mol. The summed E-state index contributed by atoms with van der Waals surface area (Å²) < 4.78 is 0.919. The zero-order chi connectivity index (χ0) is 23.5. The molecule has 33 heavy (non-hydrogen) atoms. The number of carbonyl (C=O) groups is 2. The summed E-state index contributed by atoms with van der Waals surface area (Å²) in [4.78, 5) is 27.0. The molecule has 2 heterocycles. The van der Waals surface area contributed by atoms with E-state index in [0.29, 0.717) is 13.1 Å².